The Morgan fingerprint density at radius 3 is 3.19 bits per heavy atom. The van der Waals surface area contributed by atoms with Gasteiger partial charge in [-0.2, -0.15) is 0 Å². The monoisotopic (exact) mass is 233 g/mol. The van der Waals surface area contributed by atoms with Gasteiger partial charge in [-0.15, -0.1) is 0 Å². The number of aromatic nitrogens is 2. The maximum absolute atomic E-state index is 6.09. The maximum atomic E-state index is 6.09. The number of halogens is 1. The highest BCUT2D eigenvalue weighted by Gasteiger charge is 2.11. The molecule has 1 N–H and O–H groups in total. The molecule has 16 heavy (non-hydrogen) atoms. The first kappa shape index (κ1) is 9.87. The molecule has 0 spiro atoms. The Kier molecular flexibility index (Phi) is 2.42. The number of hydrogen-bond donors (Lipinski definition) is 1. The topological polar surface area (TPSA) is 29.3 Å². The first-order valence-electron chi connectivity index (χ1n) is 5.38. The van der Waals surface area contributed by atoms with Gasteiger partial charge in [0.15, 0.2) is 5.65 Å². The first-order chi connectivity index (χ1) is 7.86. The number of nitrogens with zero attached hydrogens (tertiary/aromatic N) is 2. The molecule has 0 amide bonds. The van der Waals surface area contributed by atoms with Gasteiger partial charge in [-0.1, -0.05) is 17.7 Å². The molecule has 82 valence electrons. The predicted octanol–water partition coefficient (Wildman–Crippen LogP) is 2.36. The highest BCUT2D eigenvalue weighted by Crippen LogP contribution is 2.22. The molecule has 1 aliphatic rings. The van der Waals surface area contributed by atoms with Gasteiger partial charge in [0.05, 0.1) is 16.9 Å². The molecule has 0 atom stereocenters. The van der Waals surface area contributed by atoms with E-state index in [1.165, 1.54) is 5.57 Å². The lowest BCUT2D eigenvalue weighted by Gasteiger charge is -2.13. The van der Waals surface area contributed by atoms with Gasteiger partial charge in [-0.05, 0) is 30.7 Å². The van der Waals surface area contributed by atoms with Crippen molar-refractivity contribution in [2.75, 3.05) is 13.1 Å². The zero-order valence-electron chi connectivity index (χ0n) is 8.78. The fourth-order valence-corrected chi connectivity index (χ4v) is 2.27. The second-order valence-electron chi connectivity index (χ2n) is 3.89. The summed E-state index contributed by atoms with van der Waals surface area (Å²) in [5, 5.41) is 4.05. The Morgan fingerprint density at radius 1 is 1.44 bits per heavy atom. The van der Waals surface area contributed by atoms with Gasteiger partial charge in [-0.25, -0.2) is 4.98 Å². The quantitative estimate of drug-likeness (QED) is 0.820. The lowest BCUT2D eigenvalue weighted by molar-refractivity contribution is 0.736. The summed E-state index contributed by atoms with van der Waals surface area (Å²) in [5.41, 5.74) is 3.25. The molecular weight excluding hydrogens is 222 g/mol. The smallest absolute Gasteiger partial charge is 0.156 e. The predicted molar refractivity (Wildman–Crippen MR) is 65.7 cm³/mol. The number of hydrogen-bond acceptors (Lipinski definition) is 2. The molecule has 3 nitrogen and oxygen atoms in total. The molecule has 2 aromatic rings. The number of imidazole rings is 1. The number of pyridine rings is 1. The van der Waals surface area contributed by atoms with E-state index in [9.17, 15) is 0 Å². The van der Waals surface area contributed by atoms with Gasteiger partial charge in [0.2, 0.25) is 0 Å². The van der Waals surface area contributed by atoms with Crippen LogP contribution in [0.15, 0.2) is 30.6 Å². The Bertz CT molecular complexity index is 556. The van der Waals surface area contributed by atoms with Gasteiger partial charge in [-0.3, -0.25) is 4.40 Å². The average molecular weight is 234 g/mol. The third-order valence-electron chi connectivity index (χ3n) is 2.84. The van der Waals surface area contributed by atoms with E-state index in [-0.39, 0.29) is 0 Å². The van der Waals surface area contributed by atoms with E-state index in [1.807, 2.05) is 28.9 Å². The molecule has 1 aliphatic heterocycles. The van der Waals surface area contributed by atoms with Crippen molar-refractivity contribution in [3.8, 4) is 0 Å². The summed E-state index contributed by atoms with van der Waals surface area (Å²) in [7, 11) is 0. The van der Waals surface area contributed by atoms with E-state index in [1.54, 1.807) is 0 Å². The van der Waals surface area contributed by atoms with E-state index in [4.69, 9.17) is 11.6 Å². The molecule has 2 aromatic heterocycles. The van der Waals surface area contributed by atoms with E-state index in [0.717, 1.165) is 30.9 Å². The molecule has 0 radical (unpaired) electrons. The molecule has 0 aromatic carbocycles. The summed E-state index contributed by atoms with van der Waals surface area (Å²) < 4.78 is 2.04. The van der Waals surface area contributed by atoms with Crippen LogP contribution in [0.3, 0.4) is 0 Å². The molecule has 4 heteroatoms. The summed E-state index contributed by atoms with van der Waals surface area (Å²) in [6.45, 7) is 1.96. The van der Waals surface area contributed by atoms with Crippen LogP contribution >= 0.6 is 11.6 Å². The highest BCUT2D eigenvalue weighted by atomic mass is 35.5. The van der Waals surface area contributed by atoms with Crippen molar-refractivity contribution in [1.29, 1.82) is 0 Å². The van der Waals surface area contributed by atoms with Crippen molar-refractivity contribution in [1.82, 2.24) is 14.7 Å². The fourth-order valence-electron chi connectivity index (χ4n) is 2.05. The van der Waals surface area contributed by atoms with Gasteiger partial charge < -0.3 is 5.32 Å². The zero-order chi connectivity index (χ0) is 11.0. The molecule has 0 aliphatic carbocycles. The minimum atomic E-state index is 0.693. The van der Waals surface area contributed by atoms with Crippen LogP contribution in [0.2, 0.25) is 5.02 Å². The third-order valence-corrected chi connectivity index (χ3v) is 3.14. The number of rotatable bonds is 1. The first-order valence-corrected chi connectivity index (χ1v) is 5.76. The Morgan fingerprint density at radius 2 is 2.38 bits per heavy atom. The van der Waals surface area contributed by atoms with Crippen LogP contribution in [0.5, 0.6) is 0 Å². The minimum absolute atomic E-state index is 0.693. The van der Waals surface area contributed by atoms with Crippen molar-refractivity contribution < 1.29 is 0 Å². The highest BCUT2D eigenvalue weighted by molar-refractivity contribution is 6.33. The summed E-state index contributed by atoms with van der Waals surface area (Å²) in [5.74, 6) is 0. The molecular formula is C12H12ClN3. The SMILES string of the molecule is Clc1cccn2c(C3=CCCNC3)cnc12. The second kappa shape index (κ2) is 3.92. The average Bonchev–Trinajstić information content (AvgIpc) is 2.75. The summed E-state index contributed by atoms with van der Waals surface area (Å²) in [6.07, 6.45) is 7.23. The van der Waals surface area contributed by atoms with Crippen LogP contribution in [0.1, 0.15) is 12.1 Å². The lowest BCUT2D eigenvalue weighted by Crippen LogP contribution is -2.21. The van der Waals surface area contributed by atoms with Crippen LogP contribution in [-0.4, -0.2) is 22.5 Å². The van der Waals surface area contributed by atoms with Gasteiger partial charge >= 0.3 is 0 Å². The summed E-state index contributed by atoms with van der Waals surface area (Å²) in [4.78, 5) is 4.36. The van der Waals surface area contributed by atoms with Crippen molar-refractivity contribution in [2.45, 2.75) is 6.42 Å². The maximum Gasteiger partial charge on any atom is 0.156 e. The molecule has 3 heterocycles. The van der Waals surface area contributed by atoms with Crippen molar-refractivity contribution in [2.24, 2.45) is 0 Å². The van der Waals surface area contributed by atoms with E-state index in [0.29, 0.717) is 5.02 Å². The van der Waals surface area contributed by atoms with Gasteiger partial charge in [0.1, 0.15) is 0 Å². The van der Waals surface area contributed by atoms with Crippen LogP contribution in [0.25, 0.3) is 11.2 Å². The molecule has 3 rings (SSSR count). The Labute approximate surface area is 98.8 Å². The van der Waals surface area contributed by atoms with E-state index in [2.05, 4.69) is 16.4 Å². The lowest BCUT2D eigenvalue weighted by atomic mass is 10.1. The fraction of sp³-hybridized carbons (Fsp3) is 0.250. The Balaban J connectivity index is 2.17. The van der Waals surface area contributed by atoms with E-state index >= 15 is 0 Å². The molecule has 0 fully saturated rings. The van der Waals surface area contributed by atoms with Gasteiger partial charge in [0.25, 0.3) is 0 Å². The summed E-state index contributed by atoms with van der Waals surface area (Å²) in [6, 6.07) is 3.80. The second-order valence-corrected chi connectivity index (χ2v) is 4.30. The molecule has 0 saturated heterocycles. The van der Waals surface area contributed by atoms with Crippen LogP contribution in [0, 0.1) is 0 Å². The van der Waals surface area contributed by atoms with Crippen LogP contribution in [-0.2, 0) is 0 Å². The van der Waals surface area contributed by atoms with Crippen LogP contribution < -0.4 is 5.32 Å². The van der Waals surface area contributed by atoms with Crippen molar-refractivity contribution >= 4 is 22.8 Å². The van der Waals surface area contributed by atoms with Crippen LogP contribution in [0.4, 0.5) is 0 Å². The number of fused-ring (bicyclic) bond motifs is 1. The van der Waals surface area contributed by atoms with Crippen molar-refractivity contribution in [3.63, 3.8) is 0 Å². The zero-order valence-corrected chi connectivity index (χ0v) is 9.54. The minimum Gasteiger partial charge on any atom is -0.312 e. The normalized spacial score (nSPS) is 16.4. The largest absolute Gasteiger partial charge is 0.312 e. The third kappa shape index (κ3) is 1.52. The van der Waals surface area contributed by atoms with E-state index < -0.39 is 0 Å². The summed E-state index contributed by atoms with van der Waals surface area (Å²) >= 11 is 6.09. The number of nitrogens with one attached hydrogen (secondary N) is 1. The molecule has 0 bridgehead atoms. The molecule has 0 unspecified atom stereocenters. The standard InChI is InChI=1S/C12H12ClN3/c13-10-4-2-6-16-11(8-15-12(10)16)9-3-1-5-14-7-9/h2-4,6,8,14H,1,5,7H2. The Hall–Kier alpha value is -1.32. The molecule has 0 saturated carbocycles. The van der Waals surface area contributed by atoms with Crippen molar-refractivity contribution in [3.05, 3.63) is 41.3 Å². The van der Waals surface area contributed by atoms with Gasteiger partial charge in [0, 0.05) is 12.7 Å².